The molecule has 0 bridgehead atoms. The van der Waals surface area contributed by atoms with Crippen LogP contribution < -0.4 is 5.32 Å². The lowest BCUT2D eigenvalue weighted by Gasteiger charge is -2.23. The van der Waals surface area contributed by atoms with Gasteiger partial charge in [0.25, 0.3) is 0 Å². The Balaban J connectivity index is 0.00000196. The van der Waals surface area contributed by atoms with Gasteiger partial charge in [-0.15, -0.1) is 0 Å². The zero-order valence-electron chi connectivity index (χ0n) is 14.5. The lowest BCUT2D eigenvalue weighted by atomic mass is 9.98. The fourth-order valence-electron chi connectivity index (χ4n) is 3.39. The zero-order chi connectivity index (χ0) is 17.2. The van der Waals surface area contributed by atoms with Crippen molar-refractivity contribution in [1.29, 1.82) is 0 Å². The van der Waals surface area contributed by atoms with Gasteiger partial charge in [0.05, 0.1) is 5.69 Å². The number of rotatable bonds is 4. The molecule has 25 heavy (non-hydrogen) atoms. The summed E-state index contributed by atoms with van der Waals surface area (Å²) in [4.78, 5) is 13.3. The van der Waals surface area contributed by atoms with Gasteiger partial charge < -0.3 is 10.1 Å². The first kappa shape index (κ1) is 16.0. The van der Waals surface area contributed by atoms with Crippen molar-refractivity contribution < 1.29 is 6.16 Å². The second kappa shape index (κ2) is 6.76. The maximum Gasteiger partial charge on any atom is 0.223 e. The van der Waals surface area contributed by atoms with Crippen LogP contribution in [0.25, 0.3) is 11.6 Å². The monoisotopic (exact) mass is 336 g/mol. The number of hydrogen-bond donors (Lipinski definition) is 1. The third-order valence-electron chi connectivity index (χ3n) is 4.90. The van der Waals surface area contributed by atoms with E-state index in [0.717, 1.165) is 49.3 Å². The Labute approximate surface area is 149 Å². The van der Waals surface area contributed by atoms with Gasteiger partial charge in [0.15, 0.2) is 0 Å². The summed E-state index contributed by atoms with van der Waals surface area (Å²) < 4.78 is 5.39. The van der Waals surface area contributed by atoms with Crippen LogP contribution in [0.2, 0.25) is 0 Å². The number of nitrogens with zero attached hydrogens (tertiary/aromatic N) is 3. The van der Waals surface area contributed by atoms with Crippen molar-refractivity contribution >= 4 is 17.6 Å². The summed E-state index contributed by atoms with van der Waals surface area (Å²) in [7, 11) is 0. The molecule has 1 saturated heterocycles. The fraction of sp³-hybridized carbons (Fsp3) is 0.350. The van der Waals surface area contributed by atoms with E-state index in [2.05, 4.69) is 39.0 Å². The summed E-state index contributed by atoms with van der Waals surface area (Å²) in [6, 6.07) is 2.46. The lowest BCUT2D eigenvalue weighted by molar-refractivity contribution is 0.0903. The van der Waals surface area contributed by atoms with Crippen molar-refractivity contribution in [3.8, 4) is 0 Å². The number of pyridine rings is 1. The molecular weight excluding hydrogens is 312 g/mol. The summed E-state index contributed by atoms with van der Waals surface area (Å²) in [6.07, 6.45) is 10.7. The fourth-order valence-corrected chi connectivity index (χ4v) is 3.39. The Bertz CT molecular complexity index is 843. The van der Waals surface area contributed by atoms with Crippen LogP contribution in [0.4, 0.5) is 5.95 Å². The number of aromatic nitrogens is 3. The molecule has 5 heteroatoms. The average Bonchev–Trinajstić information content (AvgIpc) is 3.06. The van der Waals surface area contributed by atoms with Gasteiger partial charge in [-0.1, -0.05) is 6.58 Å². The van der Waals surface area contributed by atoms with E-state index < -0.39 is 0 Å². The lowest BCUT2D eigenvalue weighted by Crippen LogP contribution is -2.28. The Kier molecular flexibility index (Phi) is 4.32. The number of allylic oxidation sites excluding steroid dienone is 2. The highest BCUT2D eigenvalue weighted by Gasteiger charge is 2.19. The van der Waals surface area contributed by atoms with E-state index in [4.69, 9.17) is 4.74 Å². The molecule has 1 aliphatic carbocycles. The third kappa shape index (κ3) is 3.33. The van der Waals surface area contributed by atoms with E-state index in [-0.39, 0.29) is 1.43 Å². The molecule has 3 heterocycles. The van der Waals surface area contributed by atoms with E-state index in [0.29, 0.717) is 12.0 Å². The van der Waals surface area contributed by atoms with Crippen molar-refractivity contribution in [2.45, 2.75) is 32.2 Å². The topological polar surface area (TPSA) is 59.9 Å². The van der Waals surface area contributed by atoms with E-state index in [1.807, 2.05) is 25.5 Å². The van der Waals surface area contributed by atoms with Crippen LogP contribution in [0.1, 0.15) is 36.7 Å². The predicted molar refractivity (Wildman–Crippen MR) is 101 cm³/mol. The van der Waals surface area contributed by atoms with Gasteiger partial charge in [-0.25, -0.2) is 9.97 Å². The number of nitrogens with one attached hydrogen (secondary N) is 1. The van der Waals surface area contributed by atoms with Gasteiger partial charge in [0.1, 0.15) is 0 Å². The molecule has 0 saturated carbocycles. The zero-order valence-corrected chi connectivity index (χ0v) is 14.5. The molecule has 0 unspecified atom stereocenters. The first-order valence-corrected chi connectivity index (χ1v) is 8.72. The van der Waals surface area contributed by atoms with Crippen molar-refractivity contribution in [1.82, 2.24) is 15.0 Å². The minimum absolute atomic E-state index is 0. The molecule has 1 fully saturated rings. The highest BCUT2D eigenvalue weighted by Crippen LogP contribution is 2.33. The number of ether oxygens (including phenoxy) is 1. The molecule has 130 valence electrons. The normalized spacial score (nSPS) is 17.1. The molecule has 0 amide bonds. The van der Waals surface area contributed by atoms with Crippen LogP contribution in [0.5, 0.6) is 0 Å². The quantitative estimate of drug-likeness (QED) is 0.923. The van der Waals surface area contributed by atoms with Crippen LogP contribution >= 0.6 is 0 Å². The van der Waals surface area contributed by atoms with Gasteiger partial charge in [0.2, 0.25) is 5.95 Å². The van der Waals surface area contributed by atoms with E-state index in [1.54, 1.807) is 0 Å². The average molecular weight is 336 g/mol. The Morgan fingerprint density at radius 3 is 2.92 bits per heavy atom. The van der Waals surface area contributed by atoms with Gasteiger partial charge >= 0.3 is 0 Å². The smallest absolute Gasteiger partial charge is 0.223 e. The number of fused-ring (bicyclic) bond motifs is 1. The minimum Gasteiger partial charge on any atom is -0.381 e. The van der Waals surface area contributed by atoms with Gasteiger partial charge in [-0.2, -0.15) is 0 Å². The maximum absolute atomic E-state index is 5.39. The van der Waals surface area contributed by atoms with Crippen molar-refractivity contribution in [3.05, 3.63) is 59.2 Å². The van der Waals surface area contributed by atoms with Crippen LogP contribution in [0.3, 0.4) is 0 Å². The van der Waals surface area contributed by atoms with E-state index >= 15 is 0 Å². The third-order valence-corrected chi connectivity index (χ3v) is 4.90. The molecule has 1 aliphatic heterocycles. The highest BCUT2D eigenvalue weighted by atomic mass is 16.5. The molecular formula is C20H24N4O. The first-order chi connectivity index (χ1) is 12.2. The van der Waals surface area contributed by atoms with E-state index in [9.17, 15) is 0 Å². The Morgan fingerprint density at radius 1 is 1.32 bits per heavy atom. The van der Waals surface area contributed by atoms with Crippen molar-refractivity contribution in [2.24, 2.45) is 0 Å². The summed E-state index contributed by atoms with van der Waals surface area (Å²) >= 11 is 0. The number of aryl methyl sites for hydroxylation is 1. The predicted octanol–water partition coefficient (Wildman–Crippen LogP) is 3.67. The van der Waals surface area contributed by atoms with Crippen LogP contribution in [-0.4, -0.2) is 34.2 Å². The molecule has 2 aromatic heterocycles. The van der Waals surface area contributed by atoms with Crippen LogP contribution in [0, 0.1) is 6.92 Å². The molecule has 5 nitrogen and oxygen atoms in total. The molecule has 2 aromatic rings. The molecule has 0 spiro atoms. The summed E-state index contributed by atoms with van der Waals surface area (Å²) in [5.74, 6) is 0.689. The van der Waals surface area contributed by atoms with Crippen molar-refractivity contribution in [3.63, 3.8) is 0 Å². The summed E-state index contributed by atoms with van der Waals surface area (Å²) in [5, 5.41) is 3.42. The van der Waals surface area contributed by atoms with Crippen LogP contribution in [-0.2, 0) is 11.2 Å². The van der Waals surface area contributed by atoms with Crippen molar-refractivity contribution in [2.75, 3.05) is 18.5 Å². The molecule has 0 atom stereocenters. The van der Waals surface area contributed by atoms with Gasteiger partial charge in [-0.05, 0) is 60.6 Å². The molecule has 0 aromatic carbocycles. The molecule has 4 rings (SSSR count). The van der Waals surface area contributed by atoms with Gasteiger partial charge in [0, 0.05) is 44.8 Å². The maximum atomic E-state index is 5.39. The SMILES string of the molecule is C=C(C1=Cc2cnccc2C1)c1cnc(NC2CCOCC2)nc1C.[HH]. The second-order valence-electron chi connectivity index (χ2n) is 6.62. The van der Waals surface area contributed by atoms with Gasteiger partial charge in [-0.3, -0.25) is 4.98 Å². The molecule has 2 aliphatic rings. The summed E-state index contributed by atoms with van der Waals surface area (Å²) in [6.45, 7) is 7.91. The molecule has 0 radical (unpaired) electrons. The number of anilines is 1. The number of hydrogen-bond acceptors (Lipinski definition) is 5. The highest BCUT2D eigenvalue weighted by molar-refractivity contribution is 5.87. The standard InChI is InChI=1S/C20H22N4O.H2/c1-13(16-9-15-3-6-21-11-17(15)10-16)19-12-22-20(23-14(19)2)24-18-4-7-25-8-5-18;/h3,6,10-12,18H,1,4-5,7-9H2,2H3,(H,22,23,24);1H. The minimum atomic E-state index is 0. The van der Waals surface area contributed by atoms with E-state index in [1.165, 1.54) is 16.7 Å². The Hall–Kier alpha value is -2.53. The Morgan fingerprint density at radius 2 is 2.16 bits per heavy atom. The van der Waals surface area contributed by atoms with Crippen LogP contribution in [0.15, 0.2) is 36.8 Å². The molecule has 1 N–H and O–H groups in total. The first-order valence-electron chi connectivity index (χ1n) is 8.72. The second-order valence-corrected chi connectivity index (χ2v) is 6.62. The largest absolute Gasteiger partial charge is 0.381 e. The summed E-state index contributed by atoms with van der Waals surface area (Å²) in [5.41, 5.74) is 6.62.